The van der Waals surface area contributed by atoms with Crippen molar-refractivity contribution in [3.8, 4) is 5.75 Å². The Morgan fingerprint density at radius 3 is 2.22 bits per heavy atom. The molecule has 4 aromatic carbocycles. The number of anilines is 1. The molecule has 0 saturated carbocycles. The molecule has 0 fully saturated rings. The average molecular weight is 425 g/mol. The van der Waals surface area contributed by atoms with Crippen molar-refractivity contribution in [3.63, 3.8) is 0 Å². The molecule has 1 N–H and O–H groups in total. The highest BCUT2D eigenvalue weighted by Crippen LogP contribution is 2.23. The molecule has 2 amide bonds. The van der Waals surface area contributed by atoms with E-state index in [0.717, 1.165) is 22.1 Å². The molecule has 0 bridgehead atoms. The summed E-state index contributed by atoms with van der Waals surface area (Å²) in [6.45, 7) is 0.493. The predicted molar refractivity (Wildman–Crippen MR) is 127 cm³/mol. The van der Waals surface area contributed by atoms with Gasteiger partial charge in [-0.1, -0.05) is 36.4 Å². The number of nitrogens with one attached hydrogen (secondary N) is 1. The zero-order chi connectivity index (χ0) is 22.5. The second-order valence-electron chi connectivity index (χ2n) is 7.61. The Morgan fingerprint density at radius 2 is 1.50 bits per heavy atom. The molecule has 160 valence electrons. The Labute approximate surface area is 187 Å². The van der Waals surface area contributed by atoms with Crippen LogP contribution in [0.2, 0.25) is 0 Å². The highest BCUT2D eigenvalue weighted by molar-refractivity contribution is 6.04. The summed E-state index contributed by atoms with van der Waals surface area (Å²) in [5, 5.41) is 5.04. The fourth-order valence-electron chi connectivity index (χ4n) is 3.55. The van der Waals surface area contributed by atoms with Gasteiger partial charge in [-0.15, -0.1) is 0 Å². The summed E-state index contributed by atoms with van der Waals surface area (Å²) >= 11 is 0. The topological polar surface area (TPSA) is 58.6 Å². The van der Waals surface area contributed by atoms with E-state index in [2.05, 4.69) is 11.4 Å². The molecule has 0 aliphatic carbocycles. The Morgan fingerprint density at radius 1 is 0.812 bits per heavy atom. The first-order valence-electron chi connectivity index (χ1n) is 10.3. The Bertz CT molecular complexity index is 1250. The van der Waals surface area contributed by atoms with Gasteiger partial charge in [0.2, 0.25) is 0 Å². The Kier molecular flexibility index (Phi) is 6.17. The second kappa shape index (κ2) is 9.35. The van der Waals surface area contributed by atoms with Crippen LogP contribution in [0.15, 0.2) is 91.0 Å². The maximum Gasteiger partial charge on any atom is 0.255 e. The molecule has 4 rings (SSSR count). The number of carbonyl (C=O) groups is 2. The van der Waals surface area contributed by atoms with Crippen molar-refractivity contribution in [3.05, 3.63) is 108 Å². The fourth-order valence-corrected chi connectivity index (χ4v) is 3.55. The van der Waals surface area contributed by atoms with Crippen LogP contribution in [0, 0.1) is 0 Å². The summed E-state index contributed by atoms with van der Waals surface area (Å²) in [7, 11) is 3.44. The van der Waals surface area contributed by atoms with E-state index in [4.69, 9.17) is 4.74 Å². The van der Waals surface area contributed by atoms with Crippen molar-refractivity contribution in [2.75, 3.05) is 19.5 Å². The number of methoxy groups -OCH3 is 1. The van der Waals surface area contributed by atoms with Gasteiger partial charge in [0.1, 0.15) is 5.75 Å². The molecule has 0 aliphatic rings. The van der Waals surface area contributed by atoms with E-state index in [9.17, 15) is 9.59 Å². The van der Waals surface area contributed by atoms with Gasteiger partial charge < -0.3 is 15.0 Å². The third-order valence-corrected chi connectivity index (χ3v) is 5.30. The molecule has 32 heavy (non-hydrogen) atoms. The zero-order valence-electron chi connectivity index (χ0n) is 18.0. The maximum atomic E-state index is 12.9. The second-order valence-corrected chi connectivity index (χ2v) is 7.61. The molecule has 4 aromatic rings. The van der Waals surface area contributed by atoms with Crippen LogP contribution in [-0.2, 0) is 6.54 Å². The minimum absolute atomic E-state index is 0.0826. The van der Waals surface area contributed by atoms with Crippen LogP contribution in [0.1, 0.15) is 26.3 Å². The molecule has 0 unspecified atom stereocenters. The summed E-state index contributed by atoms with van der Waals surface area (Å²) < 4.78 is 5.27. The lowest BCUT2D eigenvalue weighted by Gasteiger charge is -2.18. The number of hydrogen-bond acceptors (Lipinski definition) is 3. The Balaban J connectivity index is 1.41. The largest absolute Gasteiger partial charge is 0.497 e. The summed E-state index contributed by atoms with van der Waals surface area (Å²) in [5.74, 6) is 0.553. The van der Waals surface area contributed by atoms with Gasteiger partial charge in [-0.05, 0) is 70.9 Å². The van der Waals surface area contributed by atoms with Crippen LogP contribution in [0.3, 0.4) is 0 Å². The quantitative estimate of drug-likeness (QED) is 0.453. The van der Waals surface area contributed by atoms with Crippen LogP contribution < -0.4 is 10.1 Å². The van der Waals surface area contributed by atoms with Gasteiger partial charge in [-0.2, -0.15) is 0 Å². The van der Waals surface area contributed by atoms with E-state index in [1.807, 2.05) is 48.5 Å². The molecule has 0 radical (unpaired) electrons. The first-order valence-corrected chi connectivity index (χ1v) is 10.3. The average Bonchev–Trinajstić information content (AvgIpc) is 2.84. The van der Waals surface area contributed by atoms with Crippen LogP contribution >= 0.6 is 0 Å². The number of amides is 2. The number of rotatable bonds is 6. The van der Waals surface area contributed by atoms with Crippen LogP contribution in [-0.4, -0.2) is 30.9 Å². The molecule has 0 aromatic heterocycles. The standard InChI is InChI=1S/C27H24N2O3/c1-29(18-19-8-9-23-17-25(32-2)15-12-22(23)16-19)27(31)21-10-13-24(14-11-21)28-26(30)20-6-4-3-5-7-20/h3-17H,18H2,1-2H3,(H,28,30). The first kappa shape index (κ1) is 21.1. The molecular weight excluding hydrogens is 400 g/mol. The van der Waals surface area contributed by atoms with Gasteiger partial charge in [0.25, 0.3) is 11.8 Å². The SMILES string of the molecule is COc1ccc2cc(CN(C)C(=O)c3ccc(NC(=O)c4ccccc4)cc3)ccc2c1. The number of benzene rings is 4. The van der Waals surface area contributed by atoms with Gasteiger partial charge in [0.15, 0.2) is 0 Å². The van der Waals surface area contributed by atoms with Crippen molar-refractivity contribution in [1.82, 2.24) is 4.90 Å². The first-order chi connectivity index (χ1) is 15.5. The number of nitrogens with zero attached hydrogens (tertiary/aromatic N) is 1. The Hall–Kier alpha value is -4.12. The van der Waals surface area contributed by atoms with E-state index in [-0.39, 0.29) is 11.8 Å². The predicted octanol–water partition coefficient (Wildman–Crippen LogP) is 5.37. The maximum absolute atomic E-state index is 12.9. The van der Waals surface area contributed by atoms with Crippen LogP contribution in [0.4, 0.5) is 5.69 Å². The van der Waals surface area contributed by atoms with Gasteiger partial charge in [-0.3, -0.25) is 9.59 Å². The number of ether oxygens (including phenoxy) is 1. The summed E-state index contributed by atoms with van der Waals surface area (Å²) in [5.41, 5.74) is 2.84. The highest BCUT2D eigenvalue weighted by atomic mass is 16.5. The van der Waals surface area contributed by atoms with Gasteiger partial charge >= 0.3 is 0 Å². The van der Waals surface area contributed by atoms with Crippen LogP contribution in [0.5, 0.6) is 5.75 Å². The summed E-state index contributed by atoms with van der Waals surface area (Å²) in [6.07, 6.45) is 0. The minimum Gasteiger partial charge on any atom is -0.497 e. The van der Waals surface area contributed by atoms with E-state index in [1.54, 1.807) is 55.5 Å². The third-order valence-electron chi connectivity index (χ3n) is 5.30. The molecule has 5 nitrogen and oxygen atoms in total. The third kappa shape index (κ3) is 4.78. The summed E-state index contributed by atoms with van der Waals surface area (Å²) in [4.78, 5) is 26.8. The lowest BCUT2D eigenvalue weighted by molar-refractivity contribution is 0.0785. The highest BCUT2D eigenvalue weighted by Gasteiger charge is 2.13. The molecule has 0 aliphatic heterocycles. The number of carbonyl (C=O) groups excluding carboxylic acids is 2. The molecular formula is C27H24N2O3. The van der Waals surface area contributed by atoms with Gasteiger partial charge in [0, 0.05) is 30.4 Å². The van der Waals surface area contributed by atoms with Crippen LogP contribution in [0.25, 0.3) is 10.8 Å². The van der Waals surface area contributed by atoms with E-state index in [0.29, 0.717) is 23.4 Å². The van der Waals surface area contributed by atoms with Crippen molar-refractivity contribution in [2.45, 2.75) is 6.54 Å². The minimum atomic E-state index is -0.185. The van der Waals surface area contributed by atoms with Crippen molar-refractivity contribution in [1.29, 1.82) is 0 Å². The molecule has 5 heteroatoms. The lowest BCUT2D eigenvalue weighted by Crippen LogP contribution is -2.26. The molecule has 0 atom stereocenters. The van der Waals surface area contributed by atoms with E-state index in [1.165, 1.54) is 0 Å². The monoisotopic (exact) mass is 424 g/mol. The zero-order valence-corrected chi connectivity index (χ0v) is 18.0. The molecule has 0 saturated heterocycles. The molecule has 0 spiro atoms. The fraction of sp³-hybridized carbons (Fsp3) is 0.111. The van der Waals surface area contributed by atoms with Crippen molar-refractivity contribution >= 4 is 28.3 Å². The summed E-state index contributed by atoms with van der Waals surface area (Å²) in [6, 6.07) is 28.0. The van der Waals surface area contributed by atoms with Gasteiger partial charge in [0.05, 0.1) is 7.11 Å². The number of fused-ring (bicyclic) bond motifs is 1. The molecule has 0 heterocycles. The lowest BCUT2D eigenvalue weighted by atomic mass is 10.1. The van der Waals surface area contributed by atoms with Gasteiger partial charge in [-0.25, -0.2) is 0 Å². The number of hydrogen-bond donors (Lipinski definition) is 1. The smallest absolute Gasteiger partial charge is 0.255 e. The van der Waals surface area contributed by atoms with Crippen molar-refractivity contribution < 1.29 is 14.3 Å². The van der Waals surface area contributed by atoms with Crippen molar-refractivity contribution in [2.24, 2.45) is 0 Å². The van der Waals surface area contributed by atoms with E-state index >= 15 is 0 Å². The van der Waals surface area contributed by atoms with E-state index < -0.39 is 0 Å². The normalized spacial score (nSPS) is 10.6.